The highest BCUT2D eigenvalue weighted by molar-refractivity contribution is 5.95. The number of amides is 1. The molecule has 2 rings (SSSR count). The molecular weight excluding hydrogens is 273 g/mol. The third-order valence-electron chi connectivity index (χ3n) is 2.77. The summed E-state index contributed by atoms with van der Waals surface area (Å²) in [5, 5.41) is 5.94. The van der Waals surface area contributed by atoms with Crippen molar-refractivity contribution in [2.45, 2.75) is 19.6 Å². The first-order valence-corrected chi connectivity index (χ1v) is 5.74. The monoisotopic (exact) mass is 284 g/mol. The van der Waals surface area contributed by atoms with Crippen molar-refractivity contribution in [3.63, 3.8) is 0 Å². The van der Waals surface area contributed by atoms with Gasteiger partial charge in [-0.1, -0.05) is 17.3 Å². The van der Waals surface area contributed by atoms with Crippen molar-refractivity contribution in [2.24, 2.45) is 0 Å². The van der Waals surface area contributed by atoms with Gasteiger partial charge in [0.1, 0.15) is 5.76 Å². The molecular formula is C13H11F3N2O2. The fraction of sp³-hybridized carbons (Fsp3) is 0.231. The minimum Gasteiger partial charge on any atom is -0.361 e. The number of hydrogen-bond acceptors (Lipinski definition) is 3. The first-order chi connectivity index (χ1) is 9.39. The lowest BCUT2D eigenvalue weighted by atomic mass is 10.1. The van der Waals surface area contributed by atoms with Crippen LogP contribution in [0.15, 0.2) is 35.0 Å². The van der Waals surface area contributed by atoms with Gasteiger partial charge in [-0.2, -0.15) is 13.2 Å². The van der Waals surface area contributed by atoms with Crippen LogP contribution in [-0.4, -0.2) is 11.1 Å². The summed E-state index contributed by atoms with van der Waals surface area (Å²) < 4.78 is 43.1. The zero-order chi connectivity index (χ0) is 14.8. The molecule has 1 heterocycles. The average molecular weight is 284 g/mol. The number of carbonyl (C=O) groups is 1. The average Bonchev–Trinajstić information content (AvgIpc) is 2.80. The molecule has 0 aliphatic heterocycles. The van der Waals surface area contributed by atoms with E-state index >= 15 is 0 Å². The minimum absolute atomic E-state index is 0.0559. The molecule has 0 aliphatic carbocycles. The molecule has 0 saturated carbocycles. The molecule has 0 radical (unpaired) electrons. The van der Waals surface area contributed by atoms with E-state index in [9.17, 15) is 18.0 Å². The summed E-state index contributed by atoms with van der Waals surface area (Å²) in [6.07, 6.45) is -3.16. The molecule has 4 nitrogen and oxygen atoms in total. The van der Waals surface area contributed by atoms with Gasteiger partial charge in [0.05, 0.1) is 17.3 Å². The number of benzene rings is 1. The van der Waals surface area contributed by atoms with E-state index in [4.69, 9.17) is 4.52 Å². The fourth-order valence-electron chi connectivity index (χ4n) is 1.69. The zero-order valence-corrected chi connectivity index (χ0v) is 10.5. The van der Waals surface area contributed by atoms with E-state index in [1.165, 1.54) is 18.3 Å². The van der Waals surface area contributed by atoms with Crippen molar-refractivity contribution < 1.29 is 22.5 Å². The lowest BCUT2D eigenvalue weighted by Gasteiger charge is -2.12. The molecule has 0 unspecified atom stereocenters. The minimum atomic E-state index is -4.57. The smallest absolute Gasteiger partial charge is 0.361 e. The van der Waals surface area contributed by atoms with Crippen LogP contribution in [0.3, 0.4) is 0 Å². The quantitative estimate of drug-likeness (QED) is 0.942. The topological polar surface area (TPSA) is 55.1 Å². The number of aryl methyl sites for hydroxylation is 1. The van der Waals surface area contributed by atoms with E-state index in [0.29, 0.717) is 11.3 Å². The van der Waals surface area contributed by atoms with Crippen LogP contribution in [0.4, 0.5) is 13.2 Å². The Morgan fingerprint density at radius 1 is 1.35 bits per heavy atom. The Balaban J connectivity index is 2.16. The van der Waals surface area contributed by atoms with Crippen LogP contribution in [-0.2, 0) is 12.7 Å². The van der Waals surface area contributed by atoms with Gasteiger partial charge < -0.3 is 9.84 Å². The maximum absolute atomic E-state index is 12.8. The maximum Gasteiger partial charge on any atom is 0.417 e. The van der Waals surface area contributed by atoms with Crippen molar-refractivity contribution >= 4 is 5.91 Å². The summed E-state index contributed by atoms with van der Waals surface area (Å²) >= 11 is 0. The van der Waals surface area contributed by atoms with Crippen LogP contribution < -0.4 is 5.32 Å². The number of hydrogen-bond donors (Lipinski definition) is 1. The molecule has 0 atom stereocenters. The second-order valence-corrected chi connectivity index (χ2v) is 4.13. The number of alkyl halides is 3. The first kappa shape index (κ1) is 14.1. The number of rotatable bonds is 3. The van der Waals surface area contributed by atoms with E-state index in [0.717, 1.165) is 12.1 Å². The van der Waals surface area contributed by atoms with E-state index in [1.54, 1.807) is 6.92 Å². The van der Waals surface area contributed by atoms with Crippen molar-refractivity contribution in [1.29, 1.82) is 0 Å². The fourth-order valence-corrected chi connectivity index (χ4v) is 1.69. The van der Waals surface area contributed by atoms with Crippen LogP contribution in [0.1, 0.15) is 27.2 Å². The molecule has 20 heavy (non-hydrogen) atoms. The summed E-state index contributed by atoms with van der Waals surface area (Å²) in [5.41, 5.74) is -0.753. The molecule has 0 aliphatic rings. The largest absolute Gasteiger partial charge is 0.417 e. The van der Waals surface area contributed by atoms with Gasteiger partial charge in [0.25, 0.3) is 5.91 Å². The molecule has 1 aromatic heterocycles. The van der Waals surface area contributed by atoms with E-state index in [-0.39, 0.29) is 6.54 Å². The normalized spacial score (nSPS) is 11.4. The van der Waals surface area contributed by atoms with E-state index < -0.39 is 23.2 Å². The molecule has 1 aromatic carbocycles. The SMILES string of the molecule is Cc1oncc1CNC(=O)c1ccccc1C(F)(F)F. The van der Waals surface area contributed by atoms with Crippen LogP contribution >= 0.6 is 0 Å². The van der Waals surface area contributed by atoms with Gasteiger partial charge in [0.2, 0.25) is 0 Å². The van der Waals surface area contributed by atoms with Crippen molar-refractivity contribution in [2.75, 3.05) is 0 Å². The van der Waals surface area contributed by atoms with Crippen LogP contribution in [0.5, 0.6) is 0 Å². The number of nitrogens with zero attached hydrogens (tertiary/aromatic N) is 1. The van der Waals surface area contributed by atoms with Gasteiger partial charge >= 0.3 is 6.18 Å². The highest BCUT2D eigenvalue weighted by Gasteiger charge is 2.34. The molecule has 1 N–H and O–H groups in total. The third-order valence-corrected chi connectivity index (χ3v) is 2.77. The Bertz CT molecular complexity index is 620. The second kappa shape index (κ2) is 5.36. The predicted octanol–water partition coefficient (Wildman–Crippen LogP) is 2.93. The summed E-state index contributed by atoms with van der Waals surface area (Å²) in [5.74, 6) is -0.284. The lowest BCUT2D eigenvalue weighted by Crippen LogP contribution is -2.25. The second-order valence-electron chi connectivity index (χ2n) is 4.13. The molecule has 1 amide bonds. The highest BCUT2D eigenvalue weighted by atomic mass is 19.4. The number of halogens is 3. The van der Waals surface area contributed by atoms with Crippen molar-refractivity contribution in [1.82, 2.24) is 10.5 Å². The molecule has 7 heteroatoms. The Morgan fingerprint density at radius 3 is 2.65 bits per heavy atom. The van der Waals surface area contributed by atoms with Crippen LogP contribution in [0.25, 0.3) is 0 Å². The summed E-state index contributed by atoms with van der Waals surface area (Å²) in [7, 11) is 0. The van der Waals surface area contributed by atoms with Crippen molar-refractivity contribution in [3.8, 4) is 0 Å². The molecule has 0 spiro atoms. The first-order valence-electron chi connectivity index (χ1n) is 5.74. The predicted molar refractivity (Wildman–Crippen MR) is 63.9 cm³/mol. The Morgan fingerprint density at radius 2 is 2.05 bits per heavy atom. The molecule has 106 valence electrons. The van der Waals surface area contributed by atoms with Gasteiger partial charge in [-0.3, -0.25) is 4.79 Å². The van der Waals surface area contributed by atoms with Gasteiger partial charge in [-0.05, 0) is 19.1 Å². The number of carbonyl (C=O) groups excluding carboxylic acids is 1. The number of aromatic nitrogens is 1. The molecule has 0 bridgehead atoms. The lowest BCUT2D eigenvalue weighted by molar-refractivity contribution is -0.137. The van der Waals surface area contributed by atoms with Crippen LogP contribution in [0, 0.1) is 6.92 Å². The Hall–Kier alpha value is -2.31. The molecule has 0 saturated heterocycles. The third kappa shape index (κ3) is 2.98. The van der Waals surface area contributed by atoms with E-state index in [1.807, 2.05) is 0 Å². The number of nitrogens with one attached hydrogen (secondary N) is 1. The van der Waals surface area contributed by atoms with Gasteiger partial charge in [-0.25, -0.2) is 0 Å². The van der Waals surface area contributed by atoms with Crippen molar-refractivity contribution in [3.05, 3.63) is 52.9 Å². The maximum atomic E-state index is 12.8. The van der Waals surface area contributed by atoms with Gasteiger partial charge in [-0.15, -0.1) is 0 Å². The van der Waals surface area contributed by atoms with Crippen LogP contribution in [0.2, 0.25) is 0 Å². The molecule has 0 fully saturated rings. The summed E-state index contributed by atoms with van der Waals surface area (Å²) in [4.78, 5) is 11.9. The summed E-state index contributed by atoms with van der Waals surface area (Å²) in [6.45, 7) is 1.71. The Labute approximate surface area is 112 Å². The van der Waals surface area contributed by atoms with Gasteiger partial charge in [0.15, 0.2) is 0 Å². The van der Waals surface area contributed by atoms with Gasteiger partial charge in [0, 0.05) is 12.1 Å². The Kier molecular flexibility index (Phi) is 3.78. The zero-order valence-electron chi connectivity index (χ0n) is 10.5. The van der Waals surface area contributed by atoms with E-state index in [2.05, 4.69) is 10.5 Å². The summed E-state index contributed by atoms with van der Waals surface area (Å²) in [6, 6.07) is 4.64. The highest BCUT2D eigenvalue weighted by Crippen LogP contribution is 2.31. The standard InChI is InChI=1S/C13H11F3N2O2/c1-8-9(7-18-20-8)6-17-12(19)10-4-2-3-5-11(10)13(14,15)16/h2-5,7H,6H2,1H3,(H,17,19). The molecule has 2 aromatic rings.